The second-order valence-electron chi connectivity index (χ2n) is 6.94. The molecular weight excluding hydrogens is 262 g/mol. The summed E-state index contributed by atoms with van der Waals surface area (Å²) >= 11 is 0. The average molecular weight is 286 g/mol. The molecule has 0 aliphatic heterocycles. The van der Waals surface area contributed by atoms with Crippen molar-refractivity contribution >= 4 is 8.69 Å². The van der Waals surface area contributed by atoms with Crippen molar-refractivity contribution in [3.63, 3.8) is 0 Å². The van der Waals surface area contributed by atoms with Crippen LogP contribution < -0.4 is 4.52 Å². The first-order chi connectivity index (χ1) is 8.51. The third-order valence-corrected chi connectivity index (χ3v) is 3.36. The Bertz CT molecular complexity index is 436. The first-order valence-corrected chi connectivity index (χ1v) is 7.55. The molecule has 1 N–H and O–H groups in total. The maximum Gasteiger partial charge on any atom is 0.436 e. The highest BCUT2D eigenvalue weighted by Gasteiger charge is 2.30. The molecule has 1 aromatic rings. The van der Waals surface area contributed by atoms with Crippen LogP contribution in [0.2, 0.25) is 0 Å². The molecule has 1 rings (SSSR count). The summed E-state index contributed by atoms with van der Waals surface area (Å²) in [5.74, 6) is 0.441. The predicted molar refractivity (Wildman–Crippen MR) is 79.2 cm³/mol. The van der Waals surface area contributed by atoms with E-state index in [-0.39, 0.29) is 10.8 Å². The number of hydrogen-bond donors (Lipinski definition) is 1. The van der Waals surface area contributed by atoms with Crippen molar-refractivity contribution in [3.05, 3.63) is 29.3 Å². The molecule has 0 bridgehead atoms. The zero-order valence-corrected chi connectivity index (χ0v) is 13.5. The van der Waals surface area contributed by atoms with Crippen LogP contribution in [0.25, 0.3) is 0 Å². The van der Waals surface area contributed by atoms with Crippen LogP contribution in [-0.4, -0.2) is 4.89 Å². The maximum atomic E-state index is 12.8. The Morgan fingerprint density at radius 2 is 1.79 bits per heavy atom. The van der Waals surface area contributed by atoms with E-state index in [1.807, 2.05) is 19.1 Å². The first kappa shape index (κ1) is 16.4. The van der Waals surface area contributed by atoms with E-state index in [0.717, 1.165) is 17.5 Å². The standard InChI is InChI=1S/C15H24FO2P/c1-11-7-8-13(18-19(16)17)12(9-11)15(5,6)10-14(2,3)4/h7-9,17H,10H2,1-6H3. The molecule has 1 unspecified atom stereocenters. The lowest BCUT2D eigenvalue weighted by atomic mass is 9.72. The van der Waals surface area contributed by atoms with Crippen LogP contribution in [0.1, 0.15) is 52.2 Å². The van der Waals surface area contributed by atoms with Crippen LogP contribution in [0.5, 0.6) is 5.75 Å². The third kappa shape index (κ3) is 5.08. The van der Waals surface area contributed by atoms with E-state index in [1.54, 1.807) is 6.07 Å². The van der Waals surface area contributed by atoms with Crippen molar-refractivity contribution in [2.75, 3.05) is 0 Å². The fourth-order valence-electron chi connectivity index (χ4n) is 2.75. The topological polar surface area (TPSA) is 29.5 Å². The minimum atomic E-state index is -2.88. The second kappa shape index (κ2) is 5.76. The van der Waals surface area contributed by atoms with Gasteiger partial charge in [-0.2, -0.15) is 0 Å². The molecule has 0 aromatic heterocycles. The van der Waals surface area contributed by atoms with E-state index >= 15 is 0 Å². The Morgan fingerprint density at radius 1 is 1.21 bits per heavy atom. The van der Waals surface area contributed by atoms with E-state index in [9.17, 15) is 4.20 Å². The van der Waals surface area contributed by atoms with E-state index in [4.69, 9.17) is 9.42 Å². The molecule has 0 saturated heterocycles. The normalized spacial score (nSPS) is 14.3. The minimum absolute atomic E-state index is 0.148. The van der Waals surface area contributed by atoms with Crippen molar-refractivity contribution in [1.29, 1.82) is 0 Å². The van der Waals surface area contributed by atoms with Crippen LogP contribution in [0.4, 0.5) is 4.20 Å². The van der Waals surface area contributed by atoms with Crippen molar-refractivity contribution in [1.82, 2.24) is 0 Å². The van der Waals surface area contributed by atoms with Crippen molar-refractivity contribution in [3.8, 4) is 5.75 Å². The maximum absolute atomic E-state index is 12.8. The fraction of sp³-hybridized carbons (Fsp3) is 0.600. The zero-order chi connectivity index (χ0) is 14.8. The van der Waals surface area contributed by atoms with Gasteiger partial charge in [0.25, 0.3) is 0 Å². The van der Waals surface area contributed by atoms with Gasteiger partial charge in [0.05, 0.1) is 0 Å². The number of benzene rings is 1. The summed E-state index contributed by atoms with van der Waals surface area (Å²) in [6.07, 6.45) is 0.940. The smallest absolute Gasteiger partial charge is 0.424 e. The van der Waals surface area contributed by atoms with Crippen LogP contribution >= 0.6 is 8.69 Å². The molecule has 0 aliphatic carbocycles. The second-order valence-corrected chi connectivity index (χ2v) is 7.57. The highest BCUT2D eigenvalue weighted by atomic mass is 31.2. The highest BCUT2D eigenvalue weighted by molar-refractivity contribution is 7.40. The monoisotopic (exact) mass is 286 g/mol. The predicted octanol–water partition coefficient (Wildman–Crippen LogP) is 5.28. The van der Waals surface area contributed by atoms with E-state index < -0.39 is 8.69 Å². The fourth-order valence-corrected chi connectivity index (χ4v) is 3.08. The molecule has 1 atom stereocenters. The summed E-state index contributed by atoms with van der Waals surface area (Å²) in [5.41, 5.74) is 2.06. The lowest BCUT2D eigenvalue weighted by Crippen LogP contribution is -2.25. The van der Waals surface area contributed by atoms with Crippen LogP contribution in [0, 0.1) is 12.3 Å². The van der Waals surface area contributed by atoms with Gasteiger partial charge in [0.2, 0.25) is 0 Å². The molecule has 0 fully saturated rings. The number of halogens is 1. The van der Waals surface area contributed by atoms with Crippen molar-refractivity contribution in [2.24, 2.45) is 5.41 Å². The van der Waals surface area contributed by atoms with Gasteiger partial charge in [-0.25, -0.2) is 0 Å². The van der Waals surface area contributed by atoms with Gasteiger partial charge >= 0.3 is 8.69 Å². The van der Waals surface area contributed by atoms with Crippen molar-refractivity contribution < 1.29 is 13.6 Å². The Balaban J connectivity index is 3.19. The quantitative estimate of drug-likeness (QED) is 0.763. The average Bonchev–Trinajstić information content (AvgIpc) is 2.16. The molecule has 2 nitrogen and oxygen atoms in total. The molecular formula is C15H24FO2P. The Labute approximate surface area is 117 Å². The van der Waals surface area contributed by atoms with Crippen LogP contribution in [0.15, 0.2) is 18.2 Å². The molecule has 108 valence electrons. The largest absolute Gasteiger partial charge is 0.436 e. The van der Waals surface area contributed by atoms with E-state index in [1.165, 1.54) is 0 Å². The molecule has 0 saturated carbocycles. The minimum Gasteiger partial charge on any atom is -0.424 e. The third-order valence-electron chi connectivity index (χ3n) is 3.01. The highest BCUT2D eigenvalue weighted by Crippen LogP contribution is 2.44. The molecule has 0 heterocycles. The molecule has 0 amide bonds. The van der Waals surface area contributed by atoms with Gasteiger partial charge < -0.3 is 9.42 Å². The molecule has 1 aromatic carbocycles. The summed E-state index contributed by atoms with van der Waals surface area (Å²) in [4.78, 5) is 8.87. The van der Waals surface area contributed by atoms with Gasteiger partial charge in [-0.15, -0.1) is 4.20 Å². The molecule has 4 heteroatoms. The van der Waals surface area contributed by atoms with Gasteiger partial charge in [-0.3, -0.25) is 0 Å². The van der Waals surface area contributed by atoms with Crippen LogP contribution in [-0.2, 0) is 5.41 Å². The summed E-state index contributed by atoms with van der Waals surface area (Å²) < 4.78 is 17.7. The van der Waals surface area contributed by atoms with Gasteiger partial charge in [-0.05, 0) is 30.2 Å². The van der Waals surface area contributed by atoms with Crippen molar-refractivity contribution in [2.45, 2.75) is 53.4 Å². The zero-order valence-electron chi connectivity index (χ0n) is 12.6. The van der Waals surface area contributed by atoms with E-state index in [2.05, 4.69) is 34.6 Å². The summed E-state index contributed by atoms with van der Waals surface area (Å²) in [6.45, 7) is 12.8. The molecule has 19 heavy (non-hydrogen) atoms. The summed E-state index contributed by atoms with van der Waals surface area (Å²) in [5, 5.41) is 0. The lowest BCUT2D eigenvalue weighted by molar-refractivity contribution is 0.280. The molecule has 0 aliphatic rings. The Hall–Kier alpha value is -0.660. The van der Waals surface area contributed by atoms with E-state index in [0.29, 0.717) is 5.75 Å². The van der Waals surface area contributed by atoms with Gasteiger partial charge in [0.15, 0.2) is 0 Å². The van der Waals surface area contributed by atoms with Gasteiger partial charge in [0, 0.05) is 5.56 Å². The molecule has 0 radical (unpaired) electrons. The van der Waals surface area contributed by atoms with Gasteiger partial charge in [-0.1, -0.05) is 52.3 Å². The van der Waals surface area contributed by atoms with Crippen LogP contribution in [0.3, 0.4) is 0 Å². The number of rotatable bonds is 4. The SMILES string of the molecule is Cc1ccc(OP(O)F)c(C(C)(C)CC(C)(C)C)c1. The first-order valence-electron chi connectivity index (χ1n) is 6.45. The summed E-state index contributed by atoms with van der Waals surface area (Å²) in [6, 6.07) is 5.62. The number of aryl methyl sites for hydroxylation is 1. The Kier molecular flexibility index (Phi) is 4.97. The number of hydrogen-bond acceptors (Lipinski definition) is 2. The summed E-state index contributed by atoms with van der Waals surface area (Å²) in [7, 11) is -2.88. The lowest BCUT2D eigenvalue weighted by Gasteiger charge is -2.34. The molecule has 0 spiro atoms. The Morgan fingerprint density at radius 3 is 2.26 bits per heavy atom. The van der Waals surface area contributed by atoms with Gasteiger partial charge in [0.1, 0.15) is 5.75 Å².